The number of alkyl halides is 3. The largest absolute Gasteiger partial charge is 0.481 e. The first-order chi connectivity index (χ1) is 11.3. The van der Waals surface area contributed by atoms with Crippen molar-refractivity contribution in [2.24, 2.45) is 11.8 Å². The summed E-state index contributed by atoms with van der Waals surface area (Å²) in [5.41, 5.74) is 2.08. The van der Waals surface area contributed by atoms with Gasteiger partial charge >= 0.3 is 12.1 Å². The lowest BCUT2D eigenvalue weighted by Crippen LogP contribution is -2.33. The standard InChI is InChI=1S/C17H16F3NO2S/c18-17(19,20)15-9-21(8-14(15)16(22)23)7-13-6-12(10-24-13)11-4-2-1-3-5-11/h1-6,10,14-15H,7-9H2,(H,22,23)/t14-,15-/m1/s1. The number of nitrogens with zero attached hydrogens (tertiary/aromatic N) is 1. The highest BCUT2D eigenvalue weighted by Gasteiger charge is 2.52. The normalized spacial score (nSPS) is 22.0. The number of carboxylic acids is 1. The topological polar surface area (TPSA) is 40.5 Å². The Labute approximate surface area is 141 Å². The van der Waals surface area contributed by atoms with Gasteiger partial charge in [0.15, 0.2) is 0 Å². The fraction of sp³-hybridized carbons (Fsp3) is 0.353. The predicted octanol–water partition coefficient (Wildman–Crippen LogP) is 4.11. The summed E-state index contributed by atoms with van der Waals surface area (Å²) < 4.78 is 39.1. The third-order valence-electron chi connectivity index (χ3n) is 4.27. The molecule has 0 bridgehead atoms. The second-order valence-corrected chi connectivity index (χ2v) is 6.95. The van der Waals surface area contributed by atoms with Crippen molar-refractivity contribution in [2.75, 3.05) is 13.1 Å². The van der Waals surface area contributed by atoms with Gasteiger partial charge in [0, 0.05) is 24.5 Å². The van der Waals surface area contributed by atoms with E-state index in [1.54, 1.807) is 4.90 Å². The molecule has 128 valence electrons. The summed E-state index contributed by atoms with van der Waals surface area (Å²) in [5, 5.41) is 11.0. The Morgan fingerprint density at radius 3 is 2.50 bits per heavy atom. The van der Waals surface area contributed by atoms with Crippen LogP contribution in [-0.4, -0.2) is 35.2 Å². The summed E-state index contributed by atoms with van der Waals surface area (Å²) in [6.45, 7) is 0.00494. The second-order valence-electron chi connectivity index (χ2n) is 5.95. The Morgan fingerprint density at radius 1 is 1.21 bits per heavy atom. The Balaban J connectivity index is 1.71. The van der Waals surface area contributed by atoms with E-state index in [0.29, 0.717) is 6.54 Å². The van der Waals surface area contributed by atoms with Crippen LogP contribution in [0.3, 0.4) is 0 Å². The maximum atomic E-state index is 13.0. The third-order valence-corrected chi connectivity index (χ3v) is 5.19. The lowest BCUT2D eigenvalue weighted by molar-refractivity contribution is -0.188. The highest BCUT2D eigenvalue weighted by atomic mass is 32.1. The van der Waals surface area contributed by atoms with Crippen LogP contribution in [0.4, 0.5) is 13.2 Å². The van der Waals surface area contributed by atoms with Gasteiger partial charge in [-0.15, -0.1) is 11.3 Å². The highest BCUT2D eigenvalue weighted by molar-refractivity contribution is 7.10. The van der Waals surface area contributed by atoms with Crippen LogP contribution in [0.2, 0.25) is 0 Å². The summed E-state index contributed by atoms with van der Waals surface area (Å²) in [6, 6.07) is 11.7. The lowest BCUT2D eigenvalue weighted by Gasteiger charge is -2.18. The van der Waals surface area contributed by atoms with Crippen LogP contribution in [0.5, 0.6) is 0 Å². The summed E-state index contributed by atoms with van der Waals surface area (Å²) >= 11 is 1.48. The van der Waals surface area contributed by atoms with Crippen LogP contribution in [0, 0.1) is 11.8 Å². The fourth-order valence-corrected chi connectivity index (χ4v) is 4.00. The SMILES string of the molecule is O=C(O)[C@@H]1CN(Cc2cc(-c3ccccc3)cs2)C[C@H]1C(F)(F)F. The van der Waals surface area contributed by atoms with E-state index in [2.05, 4.69) is 0 Å². The first kappa shape index (κ1) is 17.0. The fourth-order valence-electron chi connectivity index (χ4n) is 3.06. The molecule has 1 aromatic heterocycles. The first-order valence-corrected chi connectivity index (χ1v) is 8.37. The lowest BCUT2D eigenvalue weighted by atomic mass is 9.96. The van der Waals surface area contributed by atoms with Crippen LogP contribution < -0.4 is 0 Å². The van der Waals surface area contributed by atoms with Crippen molar-refractivity contribution in [3.8, 4) is 11.1 Å². The molecule has 1 aromatic carbocycles. The number of carbonyl (C=O) groups is 1. The van der Waals surface area contributed by atoms with Gasteiger partial charge in [-0.1, -0.05) is 30.3 Å². The molecule has 0 unspecified atom stereocenters. The number of aliphatic carboxylic acids is 1. The van der Waals surface area contributed by atoms with Crippen molar-refractivity contribution in [3.05, 3.63) is 46.7 Å². The van der Waals surface area contributed by atoms with Crippen LogP contribution >= 0.6 is 11.3 Å². The number of carboxylic acid groups (broad SMARTS) is 1. The van der Waals surface area contributed by atoms with E-state index < -0.39 is 24.0 Å². The minimum absolute atomic E-state index is 0.0713. The number of hydrogen-bond donors (Lipinski definition) is 1. The van der Waals surface area contributed by atoms with Crippen LogP contribution in [0.1, 0.15) is 4.88 Å². The third kappa shape index (κ3) is 3.62. The predicted molar refractivity (Wildman–Crippen MR) is 85.7 cm³/mol. The van der Waals surface area contributed by atoms with Gasteiger partial charge in [0.2, 0.25) is 0 Å². The van der Waals surface area contributed by atoms with E-state index in [4.69, 9.17) is 5.11 Å². The van der Waals surface area contributed by atoms with Crippen molar-refractivity contribution >= 4 is 17.3 Å². The summed E-state index contributed by atoms with van der Waals surface area (Å²) in [5.74, 6) is -4.57. The van der Waals surface area contributed by atoms with E-state index >= 15 is 0 Å². The minimum atomic E-state index is -4.48. The van der Waals surface area contributed by atoms with Gasteiger partial charge in [-0.3, -0.25) is 9.69 Å². The molecule has 3 rings (SSSR count). The molecule has 3 nitrogen and oxygen atoms in total. The van der Waals surface area contributed by atoms with Crippen molar-refractivity contribution in [2.45, 2.75) is 12.7 Å². The molecule has 2 atom stereocenters. The van der Waals surface area contributed by atoms with Gasteiger partial charge in [-0.05, 0) is 22.6 Å². The van der Waals surface area contributed by atoms with Crippen molar-refractivity contribution in [1.82, 2.24) is 4.90 Å². The zero-order valence-corrected chi connectivity index (χ0v) is 13.5. The molecule has 0 aliphatic carbocycles. The maximum absolute atomic E-state index is 13.0. The van der Waals surface area contributed by atoms with Gasteiger partial charge in [-0.2, -0.15) is 13.2 Å². The van der Waals surface area contributed by atoms with E-state index in [9.17, 15) is 18.0 Å². The van der Waals surface area contributed by atoms with Crippen molar-refractivity contribution in [3.63, 3.8) is 0 Å². The number of likely N-dealkylation sites (tertiary alicyclic amines) is 1. The number of hydrogen-bond acceptors (Lipinski definition) is 3. The zero-order valence-electron chi connectivity index (χ0n) is 12.7. The number of thiophene rings is 1. The minimum Gasteiger partial charge on any atom is -0.481 e. The van der Waals surface area contributed by atoms with Gasteiger partial charge in [0.1, 0.15) is 0 Å². The molecule has 1 aliphatic rings. The van der Waals surface area contributed by atoms with Crippen molar-refractivity contribution < 1.29 is 23.1 Å². The molecule has 2 heterocycles. The summed E-state index contributed by atoms with van der Waals surface area (Å²) in [6.07, 6.45) is -4.48. The molecule has 1 saturated heterocycles. The van der Waals surface area contributed by atoms with Gasteiger partial charge in [0.25, 0.3) is 0 Å². The Hall–Kier alpha value is -1.86. The molecule has 0 radical (unpaired) electrons. The molecule has 0 amide bonds. The highest BCUT2D eigenvalue weighted by Crippen LogP contribution is 2.38. The zero-order chi connectivity index (χ0) is 17.3. The molecular formula is C17H16F3NO2S. The quantitative estimate of drug-likeness (QED) is 0.897. The Kier molecular flexibility index (Phi) is 4.64. The van der Waals surface area contributed by atoms with Crippen LogP contribution in [0.25, 0.3) is 11.1 Å². The monoisotopic (exact) mass is 355 g/mol. The molecule has 7 heteroatoms. The van der Waals surface area contributed by atoms with E-state index in [1.165, 1.54) is 11.3 Å². The van der Waals surface area contributed by atoms with Crippen molar-refractivity contribution in [1.29, 1.82) is 0 Å². The van der Waals surface area contributed by atoms with E-state index in [1.807, 2.05) is 41.8 Å². The Morgan fingerprint density at radius 2 is 1.92 bits per heavy atom. The molecule has 1 fully saturated rings. The molecule has 24 heavy (non-hydrogen) atoms. The second kappa shape index (κ2) is 6.57. The average Bonchev–Trinajstić information content (AvgIpc) is 3.15. The van der Waals surface area contributed by atoms with Crippen LogP contribution in [0.15, 0.2) is 41.8 Å². The number of halogens is 3. The van der Waals surface area contributed by atoms with E-state index in [0.717, 1.165) is 16.0 Å². The molecule has 0 saturated carbocycles. The van der Waals surface area contributed by atoms with E-state index in [-0.39, 0.29) is 13.1 Å². The molecule has 2 aromatic rings. The Bertz CT molecular complexity index is 714. The maximum Gasteiger partial charge on any atom is 0.393 e. The molecule has 1 N–H and O–H groups in total. The number of rotatable bonds is 4. The molecule has 1 aliphatic heterocycles. The van der Waals surface area contributed by atoms with Crippen LogP contribution in [-0.2, 0) is 11.3 Å². The number of benzene rings is 1. The average molecular weight is 355 g/mol. The summed E-state index contributed by atoms with van der Waals surface area (Å²) in [7, 11) is 0. The first-order valence-electron chi connectivity index (χ1n) is 7.49. The summed E-state index contributed by atoms with van der Waals surface area (Å²) in [4.78, 5) is 13.6. The van der Waals surface area contributed by atoms with Gasteiger partial charge in [-0.25, -0.2) is 0 Å². The molecule has 0 spiro atoms. The van der Waals surface area contributed by atoms with Gasteiger partial charge in [0.05, 0.1) is 11.8 Å². The van der Waals surface area contributed by atoms with Gasteiger partial charge < -0.3 is 5.11 Å². The smallest absolute Gasteiger partial charge is 0.393 e. The molecular weight excluding hydrogens is 339 g/mol.